The number of rotatable bonds is 0. The second-order valence-corrected chi connectivity index (χ2v) is 7.64. The molecule has 29 heavy (non-hydrogen) atoms. The molecule has 0 saturated carbocycles. The number of para-hydroxylation sites is 1. The summed E-state index contributed by atoms with van der Waals surface area (Å²) in [7, 11) is 3.43. The van der Waals surface area contributed by atoms with Crippen LogP contribution in [0.1, 0.15) is 24.0 Å². The number of oxazole rings is 1. The van der Waals surface area contributed by atoms with E-state index in [1.54, 1.807) is 25.1 Å². The van der Waals surface area contributed by atoms with Gasteiger partial charge in [0.25, 0.3) is 0 Å². The molecule has 1 spiro atoms. The topological polar surface area (TPSA) is 73.9 Å². The fourth-order valence-corrected chi connectivity index (χ4v) is 4.42. The van der Waals surface area contributed by atoms with Crippen molar-refractivity contribution in [2.75, 3.05) is 31.8 Å². The number of likely N-dealkylation sites (N-methyl/N-ethyl adjacent to an activating group) is 1. The van der Waals surface area contributed by atoms with Crippen molar-refractivity contribution in [3.05, 3.63) is 58.1 Å². The monoisotopic (exact) mass is 394 g/mol. The van der Waals surface area contributed by atoms with Crippen molar-refractivity contribution >= 4 is 22.7 Å². The average Bonchev–Trinajstić information content (AvgIpc) is 3.51. The van der Waals surface area contributed by atoms with E-state index in [9.17, 15) is 9.59 Å². The molecule has 1 saturated heterocycles. The molecule has 1 aromatic heterocycles. The van der Waals surface area contributed by atoms with Crippen LogP contribution < -0.4 is 15.4 Å². The van der Waals surface area contributed by atoms with Gasteiger partial charge in [0.2, 0.25) is 5.91 Å². The average molecular weight is 394 g/mol. The molecule has 3 aliphatic heterocycles. The van der Waals surface area contributed by atoms with Crippen LogP contribution >= 0.6 is 0 Å². The van der Waals surface area contributed by atoms with Crippen LogP contribution in [0.3, 0.4) is 0 Å². The van der Waals surface area contributed by atoms with Gasteiger partial charge in [-0.25, -0.2) is 4.79 Å². The fourth-order valence-electron chi connectivity index (χ4n) is 4.42. The summed E-state index contributed by atoms with van der Waals surface area (Å²) in [5, 5.41) is 0. The van der Waals surface area contributed by atoms with E-state index >= 15 is 0 Å². The Hall–Kier alpha value is -3.06. The van der Waals surface area contributed by atoms with Gasteiger partial charge in [-0.3, -0.25) is 9.36 Å². The van der Waals surface area contributed by atoms with Gasteiger partial charge in [-0.1, -0.05) is 18.2 Å². The summed E-state index contributed by atoms with van der Waals surface area (Å²) in [6, 6.07) is 11.3. The number of ether oxygens (including phenoxy) is 2. The number of hydrogen-bond donors (Lipinski definition) is 0. The van der Waals surface area contributed by atoms with Crippen molar-refractivity contribution < 1.29 is 18.7 Å². The summed E-state index contributed by atoms with van der Waals surface area (Å²) in [6.07, 6.45) is 2.56. The maximum absolute atomic E-state index is 13.1. The van der Waals surface area contributed by atoms with Crippen LogP contribution in [0.25, 0.3) is 11.1 Å². The Bertz CT molecular complexity index is 1170. The molecule has 1 atom stereocenters. The predicted molar refractivity (Wildman–Crippen MR) is 108 cm³/mol. The lowest BCUT2D eigenvalue weighted by Crippen LogP contribution is -2.41. The zero-order valence-electron chi connectivity index (χ0n) is 16.4. The van der Waals surface area contributed by atoms with Crippen molar-refractivity contribution in [2.45, 2.75) is 18.3 Å². The standard InChI is InChI=1S/C18H14N2O4.C4H8O/c1-19-12-6-4-3-5-10(12)18(16(19)21)9-23-14-8-15-13(7-11(14)18)20(2)17(22)24-15;1-2-4-5-3-1/h3-8H,9H2,1-2H3;1-4H2. The fraction of sp³-hybridized carbons (Fsp3) is 0.364. The first-order valence-electron chi connectivity index (χ1n) is 9.76. The van der Waals surface area contributed by atoms with Gasteiger partial charge in [-0.15, -0.1) is 0 Å². The molecule has 0 aliphatic carbocycles. The molecule has 0 radical (unpaired) electrons. The third-order valence-corrected chi connectivity index (χ3v) is 6.02. The lowest BCUT2D eigenvalue weighted by Gasteiger charge is -2.21. The lowest BCUT2D eigenvalue weighted by atomic mass is 9.77. The van der Waals surface area contributed by atoms with E-state index in [4.69, 9.17) is 13.9 Å². The molecule has 1 unspecified atom stereocenters. The SMILES string of the molecule is C1CCOC1.CN1C(=O)C2(COc3cc4oc(=O)n(C)c4cc32)c2ccccc21. The minimum Gasteiger partial charge on any atom is -0.491 e. The minimum atomic E-state index is -0.859. The number of anilines is 1. The highest BCUT2D eigenvalue weighted by Gasteiger charge is 2.56. The molecule has 6 rings (SSSR count). The molecule has 2 aromatic carbocycles. The Kier molecular flexibility index (Phi) is 4.03. The van der Waals surface area contributed by atoms with Crippen LogP contribution in [0, 0.1) is 0 Å². The summed E-state index contributed by atoms with van der Waals surface area (Å²) in [5.41, 5.74) is 2.87. The second kappa shape index (κ2) is 6.49. The summed E-state index contributed by atoms with van der Waals surface area (Å²) < 4.78 is 17.5. The van der Waals surface area contributed by atoms with Crippen LogP contribution in [0.5, 0.6) is 5.75 Å². The third-order valence-electron chi connectivity index (χ3n) is 6.02. The van der Waals surface area contributed by atoms with Crippen molar-refractivity contribution in [1.82, 2.24) is 4.57 Å². The third kappa shape index (κ3) is 2.47. The Morgan fingerprint density at radius 3 is 2.48 bits per heavy atom. The lowest BCUT2D eigenvalue weighted by molar-refractivity contribution is -0.121. The predicted octanol–water partition coefficient (Wildman–Crippen LogP) is 2.58. The number of aromatic nitrogens is 1. The first kappa shape index (κ1) is 18.0. The number of amides is 1. The molecule has 0 bridgehead atoms. The highest BCUT2D eigenvalue weighted by atomic mass is 16.5. The zero-order chi connectivity index (χ0) is 20.2. The number of benzene rings is 2. The molecule has 0 N–H and O–H groups in total. The van der Waals surface area contributed by atoms with Crippen molar-refractivity contribution in [3.63, 3.8) is 0 Å². The van der Waals surface area contributed by atoms with Gasteiger partial charge in [0.05, 0.1) is 5.52 Å². The molecule has 3 aromatic rings. The molecule has 150 valence electrons. The molecular formula is C22H22N2O5. The molecule has 3 aliphatic rings. The van der Waals surface area contributed by atoms with Crippen LogP contribution in [0.2, 0.25) is 0 Å². The summed E-state index contributed by atoms with van der Waals surface area (Å²) in [5.74, 6) is 0.142. The van der Waals surface area contributed by atoms with E-state index in [1.807, 2.05) is 30.3 Å². The number of aryl methyl sites for hydroxylation is 1. The normalized spacial score (nSPS) is 21.9. The number of carbonyl (C=O) groups excluding carboxylic acids is 1. The van der Waals surface area contributed by atoms with Crippen molar-refractivity contribution in [2.24, 2.45) is 7.05 Å². The van der Waals surface area contributed by atoms with E-state index < -0.39 is 11.2 Å². The van der Waals surface area contributed by atoms with Gasteiger partial charge in [0, 0.05) is 44.6 Å². The summed E-state index contributed by atoms with van der Waals surface area (Å²) in [6.45, 7) is 2.25. The zero-order valence-corrected chi connectivity index (χ0v) is 16.4. The molecular weight excluding hydrogens is 372 g/mol. The van der Waals surface area contributed by atoms with E-state index in [2.05, 4.69) is 0 Å². The van der Waals surface area contributed by atoms with E-state index in [-0.39, 0.29) is 12.5 Å². The van der Waals surface area contributed by atoms with Gasteiger partial charge >= 0.3 is 5.76 Å². The first-order chi connectivity index (χ1) is 14.0. The van der Waals surface area contributed by atoms with E-state index in [0.29, 0.717) is 16.8 Å². The van der Waals surface area contributed by atoms with Gasteiger partial charge in [-0.05, 0) is 30.5 Å². The van der Waals surface area contributed by atoms with Gasteiger partial charge in [-0.2, -0.15) is 0 Å². The maximum Gasteiger partial charge on any atom is 0.419 e. The molecule has 4 heterocycles. The van der Waals surface area contributed by atoms with E-state index in [0.717, 1.165) is 30.0 Å². The van der Waals surface area contributed by atoms with Crippen molar-refractivity contribution in [1.29, 1.82) is 0 Å². The van der Waals surface area contributed by atoms with Crippen LogP contribution in [-0.2, 0) is 22.0 Å². The Labute approximate surface area is 167 Å². The minimum absolute atomic E-state index is 0.0182. The Morgan fingerprint density at radius 2 is 1.76 bits per heavy atom. The molecule has 1 amide bonds. The van der Waals surface area contributed by atoms with Crippen LogP contribution in [0.15, 0.2) is 45.6 Å². The second-order valence-electron chi connectivity index (χ2n) is 7.64. The van der Waals surface area contributed by atoms with Gasteiger partial charge in [0.15, 0.2) is 5.58 Å². The molecule has 7 nitrogen and oxygen atoms in total. The first-order valence-corrected chi connectivity index (χ1v) is 9.76. The van der Waals surface area contributed by atoms with Crippen LogP contribution in [-0.4, -0.2) is 37.3 Å². The molecule has 7 heteroatoms. The molecule has 1 fully saturated rings. The Balaban J connectivity index is 0.000000319. The maximum atomic E-state index is 13.1. The highest BCUT2D eigenvalue weighted by molar-refractivity contribution is 6.11. The largest absolute Gasteiger partial charge is 0.491 e. The number of carbonyl (C=O) groups is 1. The van der Waals surface area contributed by atoms with E-state index in [1.165, 1.54) is 17.4 Å². The number of nitrogens with zero attached hydrogens (tertiary/aromatic N) is 2. The summed E-state index contributed by atoms with van der Waals surface area (Å²) in [4.78, 5) is 26.6. The summed E-state index contributed by atoms with van der Waals surface area (Å²) >= 11 is 0. The van der Waals surface area contributed by atoms with Gasteiger partial charge in [0.1, 0.15) is 17.8 Å². The number of fused-ring (bicyclic) bond motifs is 5. The highest BCUT2D eigenvalue weighted by Crippen LogP contribution is 2.52. The van der Waals surface area contributed by atoms with Gasteiger partial charge < -0.3 is 18.8 Å². The Morgan fingerprint density at radius 1 is 1.00 bits per heavy atom. The quantitative estimate of drug-likeness (QED) is 0.586. The number of hydrogen-bond acceptors (Lipinski definition) is 5. The smallest absolute Gasteiger partial charge is 0.419 e. The van der Waals surface area contributed by atoms with Crippen LogP contribution in [0.4, 0.5) is 5.69 Å². The van der Waals surface area contributed by atoms with Crippen molar-refractivity contribution in [3.8, 4) is 5.75 Å².